The van der Waals surface area contributed by atoms with Crippen molar-refractivity contribution in [2.45, 2.75) is 130 Å². The number of esters is 4. The van der Waals surface area contributed by atoms with Crippen LogP contribution < -0.4 is 10.6 Å². The molecule has 0 rings (SSSR count). The van der Waals surface area contributed by atoms with E-state index in [2.05, 4.69) is 10.6 Å². The van der Waals surface area contributed by atoms with Crippen LogP contribution >= 0.6 is 0 Å². The van der Waals surface area contributed by atoms with Gasteiger partial charge in [-0.05, 0) is 83.1 Å². The lowest BCUT2D eigenvalue weighted by Crippen LogP contribution is -2.44. The maximum Gasteiger partial charge on any atom is 0.324 e. The third-order valence-corrected chi connectivity index (χ3v) is 4.98. The van der Waals surface area contributed by atoms with Gasteiger partial charge in [-0.15, -0.1) is 0 Å². The van der Waals surface area contributed by atoms with Gasteiger partial charge in [0.05, 0.1) is 52.5 Å². The average molecular weight is 649 g/mol. The smallest absolute Gasteiger partial charge is 0.324 e. The number of rotatable bonds is 20. The van der Waals surface area contributed by atoms with Gasteiger partial charge in [0, 0.05) is 13.1 Å². The second-order valence-corrected chi connectivity index (χ2v) is 14.5. The summed E-state index contributed by atoms with van der Waals surface area (Å²) in [5, 5.41) is 6.03. The predicted molar refractivity (Wildman–Crippen MR) is 169 cm³/mol. The van der Waals surface area contributed by atoms with Crippen LogP contribution in [0.5, 0.6) is 0 Å². The molecule has 0 aromatic carbocycles. The molecule has 0 fully saturated rings. The summed E-state index contributed by atoms with van der Waals surface area (Å²) in [4.78, 5) is 49.7. The van der Waals surface area contributed by atoms with Crippen LogP contribution in [0.1, 0.15) is 95.9 Å². The van der Waals surface area contributed by atoms with Gasteiger partial charge in [-0.25, -0.2) is 0 Å². The number of carbonyl (C=O) groups is 4. The van der Waals surface area contributed by atoms with Crippen LogP contribution in [-0.4, -0.2) is 111 Å². The molecule has 0 spiro atoms. The van der Waals surface area contributed by atoms with Gasteiger partial charge in [0.25, 0.3) is 0 Å². The Bertz CT molecular complexity index is 825. The summed E-state index contributed by atoms with van der Waals surface area (Å²) in [5.41, 5.74) is -2.70. The number of hydrogen-bond donors (Lipinski definition) is 2. The molecule has 2 atom stereocenters. The molecule has 0 aromatic heterocycles. The fraction of sp³-hybridized carbons (Fsp3) is 0.875. The Morgan fingerprint density at radius 2 is 0.711 bits per heavy atom. The van der Waals surface area contributed by atoms with Crippen molar-refractivity contribution in [3.8, 4) is 0 Å². The summed E-state index contributed by atoms with van der Waals surface area (Å²) in [5.74, 6) is -2.06. The molecule has 0 bridgehead atoms. The van der Waals surface area contributed by atoms with Crippen molar-refractivity contribution < 1.29 is 52.3 Å². The van der Waals surface area contributed by atoms with Gasteiger partial charge >= 0.3 is 23.9 Å². The summed E-state index contributed by atoms with van der Waals surface area (Å²) in [7, 11) is 0. The summed E-state index contributed by atoms with van der Waals surface area (Å²) in [6.45, 7) is 23.7. The van der Waals surface area contributed by atoms with E-state index in [1.165, 1.54) is 0 Å². The molecular weight excluding hydrogens is 588 g/mol. The number of hydrogen-bond acceptors (Lipinski definition) is 13. The molecule has 0 aliphatic rings. The molecule has 0 amide bonds. The minimum atomic E-state index is -0.859. The van der Waals surface area contributed by atoms with Crippen molar-refractivity contribution in [3.63, 3.8) is 0 Å². The molecule has 0 aromatic rings. The van der Waals surface area contributed by atoms with Crippen molar-refractivity contribution in [2.24, 2.45) is 0 Å². The molecule has 0 radical (unpaired) electrons. The highest BCUT2D eigenvalue weighted by atomic mass is 16.6. The van der Waals surface area contributed by atoms with Gasteiger partial charge in [0.1, 0.15) is 34.5 Å². The molecule has 0 saturated heterocycles. The lowest BCUT2D eigenvalue weighted by atomic mass is 10.1. The van der Waals surface area contributed by atoms with E-state index in [9.17, 15) is 19.2 Å². The van der Waals surface area contributed by atoms with Gasteiger partial charge in [0.2, 0.25) is 0 Å². The van der Waals surface area contributed by atoms with Crippen molar-refractivity contribution in [1.29, 1.82) is 0 Å². The fourth-order valence-corrected chi connectivity index (χ4v) is 3.48. The largest absolute Gasteiger partial charge is 0.460 e. The van der Waals surface area contributed by atoms with Gasteiger partial charge in [-0.3, -0.25) is 19.2 Å². The van der Waals surface area contributed by atoms with E-state index in [1.807, 2.05) is 0 Å². The van der Waals surface area contributed by atoms with Crippen molar-refractivity contribution >= 4 is 23.9 Å². The van der Waals surface area contributed by atoms with Crippen LogP contribution in [0.15, 0.2) is 0 Å². The third kappa shape index (κ3) is 26.6. The molecular formula is C32H60N2O11. The van der Waals surface area contributed by atoms with E-state index in [0.717, 1.165) is 0 Å². The zero-order chi connectivity index (χ0) is 34.9. The molecule has 2 N–H and O–H groups in total. The van der Waals surface area contributed by atoms with Crippen molar-refractivity contribution in [2.75, 3.05) is 52.7 Å². The molecule has 13 heteroatoms. The van der Waals surface area contributed by atoms with E-state index in [1.54, 1.807) is 83.1 Å². The zero-order valence-electron chi connectivity index (χ0n) is 29.7. The predicted octanol–water partition coefficient (Wildman–Crippen LogP) is 3.10. The first-order valence-corrected chi connectivity index (χ1v) is 15.6. The SMILES string of the molecule is CC(C)(C)OC(=O)C[C@H](NCCOCCOCCOCCN[C@@H](CC(=O)OC(C)(C)C)C(=O)OC(C)(C)C)C(=O)OC(C)(C)C. The Morgan fingerprint density at radius 1 is 0.444 bits per heavy atom. The average Bonchev–Trinajstić information content (AvgIpc) is 2.80. The molecule has 45 heavy (non-hydrogen) atoms. The molecule has 264 valence electrons. The van der Waals surface area contributed by atoms with E-state index < -0.39 is 58.4 Å². The van der Waals surface area contributed by atoms with Gasteiger partial charge in [-0.1, -0.05) is 0 Å². The normalized spacial score (nSPS) is 14.0. The van der Waals surface area contributed by atoms with Crippen molar-refractivity contribution in [1.82, 2.24) is 10.6 Å². The van der Waals surface area contributed by atoms with E-state index >= 15 is 0 Å². The standard InChI is InChI=1S/C32H60N2O11/c1-29(2,3)42-25(35)21-23(27(37)44-31(7,8)9)33-13-15-39-17-19-41-20-18-40-16-14-34-24(28(38)45-32(10,11)12)22-26(36)43-30(4,5)6/h23-24,33-34H,13-22H2,1-12H3/t23-,24-/m0/s1. The number of nitrogens with one attached hydrogen (secondary N) is 2. The second kappa shape index (κ2) is 20.0. The minimum absolute atomic E-state index is 0.157. The van der Waals surface area contributed by atoms with Gasteiger partial charge < -0.3 is 43.8 Å². The maximum absolute atomic E-state index is 12.6. The first-order valence-electron chi connectivity index (χ1n) is 15.6. The summed E-state index contributed by atoms with van der Waals surface area (Å²) >= 11 is 0. The molecule has 0 saturated carbocycles. The minimum Gasteiger partial charge on any atom is -0.460 e. The van der Waals surface area contributed by atoms with Crippen LogP contribution in [0.25, 0.3) is 0 Å². The Morgan fingerprint density at radius 3 is 0.978 bits per heavy atom. The summed E-state index contributed by atoms with van der Waals surface area (Å²) in [6, 6.07) is -1.72. The topological polar surface area (TPSA) is 157 Å². The first kappa shape index (κ1) is 42.7. The molecule has 0 heterocycles. The third-order valence-electron chi connectivity index (χ3n) is 4.98. The summed E-state index contributed by atoms with van der Waals surface area (Å²) in [6.07, 6.45) is -0.313. The molecule has 0 aliphatic heterocycles. The highest BCUT2D eigenvalue weighted by Crippen LogP contribution is 2.14. The quantitative estimate of drug-likeness (QED) is 0.113. The second-order valence-electron chi connectivity index (χ2n) is 14.5. The van der Waals surface area contributed by atoms with E-state index in [4.69, 9.17) is 33.2 Å². The van der Waals surface area contributed by atoms with Crippen LogP contribution in [-0.2, 0) is 52.3 Å². The molecule has 13 nitrogen and oxygen atoms in total. The summed E-state index contributed by atoms with van der Waals surface area (Å²) < 4.78 is 38.2. The van der Waals surface area contributed by atoms with Crippen LogP contribution in [0.3, 0.4) is 0 Å². The number of ether oxygens (including phenoxy) is 7. The number of carbonyl (C=O) groups excluding carboxylic acids is 4. The zero-order valence-corrected chi connectivity index (χ0v) is 29.7. The lowest BCUT2D eigenvalue weighted by molar-refractivity contribution is -0.164. The fourth-order valence-electron chi connectivity index (χ4n) is 3.48. The van der Waals surface area contributed by atoms with Crippen molar-refractivity contribution in [3.05, 3.63) is 0 Å². The Kier molecular flexibility index (Phi) is 19.0. The maximum atomic E-state index is 12.6. The van der Waals surface area contributed by atoms with Gasteiger partial charge in [0.15, 0.2) is 0 Å². The van der Waals surface area contributed by atoms with E-state index in [-0.39, 0.29) is 12.8 Å². The van der Waals surface area contributed by atoms with Crippen LogP contribution in [0.2, 0.25) is 0 Å². The van der Waals surface area contributed by atoms with Gasteiger partial charge in [-0.2, -0.15) is 0 Å². The first-order chi connectivity index (χ1) is 20.5. The highest BCUT2D eigenvalue weighted by Gasteiger charge is 2.30. The lowest BCUT2D eigenvalue weighted by Gasteiger charge is -2.25. The van der Waals surface area contributed by atoms with Crippen LogP contribution in [0, 0.1) is 0 Å². The molecule has 0 unspecified atom stereocenters. The monoisotopic (exact) mass is 648 g/mol. The molecule has 0 aliphatic carbocycles. The van der Waals surface area contributed by atoms with Crippen LogP contribution in [0.4, 0.5) is 0 Å². The van der Waals surface area contributed by atoms with E-state index in [0.29, 0.717) is 52.7 Å². The Hall–Kier alpha value is -2.32. The Balaban J connectivity index is 4.31. The highest BCUT2D eigenvalue weighted by molar-refractivity contribution is 5.83. The Labute approximate surface area is 270 Å².